The van der Waals surface area contributed by atoms with Gasteiger partial charge in [-0.25, -0.2) is 14.9 Å². The van der Waals surface area contributed by atoms with Crippen LogP contribution < -0.4 is 32.1 Å². The van der Waals surface area contributed by atoms with Gasteiger partial charge in [0.05, 0.1) is 12.4 Å². The van der Waals surface area contributed by atoms with Crippen LogP contribution in [-0.2, 0) is 4.57 Å². The van der Waals surface area contributed by atoms with Crippen LogP contribution in [0.3, 0.4) is 0 Å². The van der Waals surface area contributed by atoms with Gasteiger partial charge in [-0.3, -0.25) is 0 Å². The van der Waals surface area contributed by atoms with Gasteiger partial charge in [0, 0.05) is 10.6 Å². The number of aromatic nitrogens is 2. The van der Waals surface area contributed by atoms with Gasteiger partial charge in [-0.15, -0.1) is 0 Å². The molecule has 0 saturated heterocycles. The Hall–Kier alpha value is -3.42. The SMILES string of the molecule is O=P(c1ccccc1)(c1ccccc1)c1cnc([P+](O)(c2ccccc2)c2ccccc2)cn1. The molecule has 0 radical (unpaired) electrons. The number of benzene rings is 4. The lowest BCUT2D eigenvalue weighted by Gasteiger charge is -2.21. The molecular weight excluding hydrogens is 458 g/mol. The number of hydrogen-bond acceptors (Lipinski definition) is 4. The summed E-state index contributed by atoms with van der Waals surface area (Å²) < 4.78 is 14.6. The second-order valence-corrected chi connectivity index (χ2v) is 13.3. The molecule has 0 spiro atoms. The molecule has 1 heterocycles. The second kappa shape index (κ2) is 9.44. The predicted octanol–water partition coefficient (Wildman–Crippen LogP) is 3.32. The predicted molar refractivity (Wildman–Crippen MR) is 142 cm³/mol. The fourth-order valence-corrected chi connectivity index (χ4v) is 8.97. The van der Waals surface area contributed by atoms with E-state index in [0.717, 1.165) is 10.6 Å². The smallest absolute Gasteiger partial charge is 0.259 e. The lowest BCUT2D eigenvalue weighted by molar-refractivity contribution is 0.592. The largest absolute Gasteiger partial charge is 0.307 e. The molecule has 5 rings (SSSR count). The average Bonchev–Trinajstić information content (AvgIpc) is 2.94. The minimum atomic E-state index is -3.24. The van der Waals surface area contributed by atoms with Crippen LogP contribution in [-0.4, -0.2) is 14.9 Å². The fraction of sp³-hybridized carbons (Fsp3) is 0. The summed E-state index contributed by atoms with van der Waals surface area (Å²) in [7, 11) is -6.24. The Balaban J connectivity index is 1.66. The topological polar surface area (TPSA) is 63.1 Å². The van der Waals surface area contributed by atoms with Crippen molar-refractivity contribution in [2.75, 3.05) is 0 Å². The fourth-order valence-electron chi connectivity index (χ4n) is 4.03. The van der Waals surface area contributed by atoms with Crippen molar-refractivity contribution in [2.45, 2.75) is 0 Å². The van der Waals surface area contributed by atoms with Gasteiger partial charge in [0.15, 0.2) is 7.14 Å². The van der Waals surface area contributed by atoms with E-state index in [1.165, 1.54) is 0 Å². The Morgan fingerprint density at radius 2 is 0.971 bits per heavy atom. The van der Waals surface area contributed by atoms with Crippen LogP contribution in [0, 0.1) is 0 Å². The van der Waals surface area contributed by atoms with Crippen molar-refractivity contribution < 1.29 is 9.46 Å². The molecule has 5 aromatic rings. The van der Waals surface area contributed by atoms with Gasteiger partial charge < -0.3 is 4.57 Å². The van der Waals surface area contributed by atoms with Crippen molar-refractivity contribution in [2.24, 2.45) is 0 Å². The lowest BCUT2D eigenvalue weighted by atomic mass is 10.4. The second-order valence-electron chi connectivity index (χ2n) is 7.82. The van der Waals surface area contributed by atoms with E-state index < -0.39 is 14.6 Å². The van der Waals surface area contributed by atoms with Crippen molar-refractivity contribution in [1.82, 2.24) is 9.97 Å². The monoisotopic (exact) mass is 481 g/mol. The molecule has 0 bridgehead atoms. The lowest BCUT2D eigenvalue weighted by Crippen LogP contribution is -2.35. The Morgan fingerprint density at radius 3 is 1.35 bits per heavy atom. The zero-order valence-corrected chi connectivity index (χ0v) is 20.1. The molecule has 0 atom stereocenters. The van der Waals surface area contributed by atoms with Crippen molar-refractivity contribution in [3.05, 3.63) is 134 Å². The van der Waals surface area contributed by atoms with E-state index in [2.05, 4.69) is 9.97 Å². The number of hydrogen-bond donors (Lipinski definition) is 1. The van der Waals surface area contributed by atoms with Crippen molar-refractivity contribution >= 4 is 46.7 Å². The van der Waals surface area contributed by atoms with Gasteiger partial charge in [-0.2, -0.15) is 0 Å². The highest BCUT2D eigenvalue weighted by atomic mass is 31.2. The Morgan fingerprint density at radius 1 is 0.559 bits per heavy atom. The van der Waals surface area contributed by atoms with E-state index in [4.69, 9.17) is 0 Å². The number of rotatable bonds is 6. The van der Waals surface area contributed by atoms with E-state index in [9.17, 15) is 9.46 Å². The van der Waals surface area contributed by atoms with Gasteiger partial charge in [0.2, 0.25) is 5.44 Å². The zero-order chi connectivity index (χ0) is 23.4. The third-order valence-electron chi connectivity index (χ3n) is 5.78. The first-order valence-electron chi connectivity index (χ1n) is 10.9. The summed E-state index contributed by atoms with van der Waals surface area (Å²) in [5, 5.41) is 2.97. The van der Waals surface area contributed by atoms with Crippen molar-refractivity contribution in [3.8, 4) is 0 Å². The molecule has 0 unspecified atom stereocenters. The molecule has 166 valence electrons. The molecule has 4 nitrogen and oxygen atoms in total. The van der Waals surface area contributed by atoms with E-state index in [-0.39, 0.29) is 0 Å². The van der Waals surface area contributed by atoms with Gasteiger partial charge >= 0.3 is 0 Å². The van der Waals surface area contributed by atoms with E-state index in [0.29, 0.717) is 21.5 Å². The summed E-state index contributed by atoms with van der Waals surface area (Å²) in [4.78, 5) is 21.4. The zero-order valence-electron chi connectivity index (χ0n) is 18.3. The standard InChI is InChI=1S/C28H23N2O2P2/c31-33(23-13-5-1-6-14-23,24-15-7-2-8-16-24)27-21-30-28(22-29-27)34(32,25-17-9-3-10-18-25)26-19-11-4-12-20-26/h1-22,31H/q+1. The highest BCUT2D eigenvalue weighted by Crippen LogP contribution is 2.50. The maximum atomic E-state index is 14.6. The normalized spacial score (nSPS) is 11.8. The van der Waals surface area contributed by atoms with Crippen LogP contribution in [0.4, 0.5) is 0 Å². The molecule has 0 aliphatic rings. The third kappa shape index (κ3) is 3.91. The molecule has 0 aliphatic carbocycles. The van der Waals surface area contributed by atoms with Crippen molar-refractivity contribution in [1.29, 1.82) is 0 Å². The Labute approximate surface area is 199 Å². The first kappa shape index (κ1) is 22.4. The molecule has 34 heavy (non-hydrogen) atoms. The first-order chi connectivity index (χ1) is 16.6. The summed E-state index contributed by atoms with van der Waals surface area (Å²) in [5.74, 6) is 0. The van der Waals surface area contributed by atoms with E-state index in [1.807, 2.05) is 121 Å². The van der Waals surface area contributed by atoms with Crippen molar-refractivity contribution in [3.63, 3.8) is 0 Å². The minimum Gasteiger partial charge on any atom is -0.307 e. The van der Waals surface area contributed by atoms with Crippen LogP contribution >= 0.6 is 14.6 Å². The molecule has 0 fully saturated rings. The van der Waals surface area contributed by atoms with Crippen LogP contribution in [0.2, 0.25) is 0 Å². The van der Waals surface area contributed by atoms with E-state index in [1.54, 1.807) is 12.4 Å². The minimum absolute atomic E-state index is 0.390. The van der Waals surface area contributed by atoms with Crippen LogP contribution in [0.25, 0.3) is 0 Å². The summed E-state index contributed by atoms with van der Waals surface area (Å²) in [6.45, 7) is 0. The maximum absolute atomic E-state index is 14.6. The molecule has 0 amide bonds. The molecule has 6 heteroatoms. The third-order valence-corrected chi connectivity index (χ3v) is 11.7. The highest BCUT2D eigenvalue weighted by molar-refractivity contribution is 7.90. The summed E-state index contributed by atoms with van der Waals surface area (Å²) in [6.07, 6.45) is 3.15. The molecule has 1 aromatic heterocycles. The molecular formula is C28H23N2O2P2+. The summed E-state index contributed by atoms with van der Waals surface area (Å²) >= 11 is 0. The van der Waals surface area contributed by atoms with Crippen LogP contribution in [0.15, 0.2) is 134 Å². The average molecular weight is 481 g/mol. The molecule has 0 saturated carbocycles. The van der Waals surface area contributed by atoms with Gasteiger partial charge in [0.25, 0.3) is 7.49 Å². The first-order valence-corrected chi connectivity index (χ1v) is 14.4. The van der Waals surface area contributed by atoms with Gasteiger partial charge in [0.1, 0.15) is 16.0 Å². The Bertz CT molecular complexity index is 1330. The molecule has 1 N–H and O–H groups in total. The molecule has 0 aliphatic heterocycles. The van der Waals surface area contributed by atoms with Gasteiger partial charge in [-0.1, -0.05) is 97.1 Å². The summed E-state index contributed by atoms with van der Waals surface area (Å²) in [6, 6.07) is 37.9. The van der Waals surface area contributed by atoms with Crippen LogP contribution in [0.5, 0.6) is 0 Å². The Kier molecular flexibility index (Phi) is 6.22. The van der Waals surface area contributed by atoms with E-state index >= 15 is 0 Å². The van der Waals surface area contributed by atoms with Gasteiger partial charge in [-0.05, 0) is 24.3 Å². The molecule has 4 aromatic carbocycles. The quantitative estimate of drug-likeness (QED) is 0.378. The highest BCUT2D eigenvalue weighted by Gasteiger charge is 2.46. The number of nitrogens with zero attached hydrogens (tertiary/aromatic N) is 2. The summed E-state index contributed by atoms with van der Waals surface area (Å²) in [5.41, 5.74) is 0.864. The maximum Gasteiger partial charge on any atom is 0.259 e. The van der Waals surface area contributed by atoms with Crippen LogP contribution in [0.1, 0.15) is 0 Å².